The highest BCUT2D eigenvalue weighted by Crippen LogP contribution is 2.19. The fourth-order valence-electron chi connectivity index (χ4n) is 0.343. The molecule has 43 valence electrons. The van der Waals surface area contributed by atoms with Gasteiger partial charge in [-0.15, -0.1) is 0 Å². The molecular formula is C4H3ClNOS. The van der Waals surface area contributed by atoms with Gasteiger partial charge >= 0.3 is 0 Å². The van der Waals surface area contributed by atoms with Crippen LogP contribution in [0.25, 0.3) is 0 Å². The normalized spacial score (nSPS) is 13.8. The van der Waals surface area contributed by atoms with Gasteiger partial charge < -0.3 is 0 Å². The third kappa shape index (κ3) is 1.18. The standard InChI is InChI=1S/C4H3ClNOS/c5-4(7)3-1-2-6-8-3/h1-2,4H. The topological polar surface area (TPSA) is 32.8 Å². The molecule has 8 heavy (non-hydrogen) atoms. The number of alkyl halides is 1. The summed E-state index contributed by atoms with van der Waals surface area (Å²) in [6, 6.07) is 1.62. The fourth-order valence-corrected chi connectivity index (χ4v) is 0.983. The van der Waals surface area contributed by atoms with Crippen LogP contribution in [0.2, 0.25) is 0 Å². The molecule has 1 rings (SSSR count). The number of hydrogen-bond donors (Lipinski definition) is 0. The minimum Gasteiger partial charge on any atom is -0.209 e. The summed E-state index contributed by atoms with van der Waals surface area (Å²) >= 11 is 6.30. The minimum absolute atomic E-state index is 0.576. The van der Waals surface area contributed by atoms with Crippen LogP contribution in [0.1, 0.15) is 10.4 Å². The first-order valence-corrected chi connectivity index (χ1v) is 3.22. The van der Waals surface area contributed by atoms with Crippen LogP contribution < -0.4 is 0 Å². The molecule has 1 atom stereocenters. The Morgan fingerprint density at radius 2 is 2.62 bits per heavy atom. The maximum absolute atomic E-state index is 10.3. The van der Waals surface area contributed by atoms with E-state index in [1.54, 1.807) is 12.3 Å². The van der Waals surface area contributed by atoms with Crippen LogP contribution in [-0.4, -0.2) is 4.37 Å². The molecule has 2 nitrogen and oxygen atoms in total. The molecule has 0 saturated carbocycles. The van der Waals surface area contributed by atoms with E-state index < -0.39 is 5.56 Å². The van der Waals surface area contributed by atoms with Crippen molar-refractivity contribution in [2.24, 2.45) is 0 Å². The fraction of sp³-hybridized carbons (Fsp3) is 0.250. The van der Waals surface area contributed by atoms with E-state index in [1.165, 1.54) is 0 Å². The Kier molecular flexibility index (Phi) is 1.83. The zero-order valence-corrected chi connectivity index (χ0v) is 5.45. The van der Waals surface area contributed by atoms with E-state index in [2.05, 4.69) is 4.37 Å². The van der Waals surface area contributed by atoms with Crippen molar-refractivity contribution in [2.75, 3.05) is 0 Å². The molecule has 0 spiro atoms. The summed E-state index contributed by atoms with van der Waals surface area (Å²) in [4.78, 5) is 0.576. The Balaban J connectivity index is 2.77. The Labute approximate surface area is 55.9 Å². The third-order valence-corrected chi connectivity index (χ3v) is 1.83. The van der Waals surface area contributed by atoms with Crippen molar-refractivity contribution in [1.82, 2.24) is 4.37 Å². The highest BCUT2D eigenvalue weighted by Gasteiger charge is 2.04. The lowest BCUT2D eigenvalue weighted by molar-refractivity contribution is 0.164. The van der Waals surface area contributed by atoms with E-state index in [0.717, 1.165) is 11.5 Å². The van der Waals surface area contributed by atoms with Crippen LogP contribution in [-0.2, 0) is 5.11 Å². The summed E-state index contributed by atoms with van der Waals surface area (Å²) in [6.07, 6.45) is 1.56. The largest absolute Gasteiger partial charge is 0.209 e. The molecular weight excluding hydrogens is 146 g/mol. The van der Waals surface area contributed by atoms with Gasteiger partial charge in [0.05, 0.1) is 4.88 Å². The van der Waals surface area contributed by atoms with Crippen LogP contribution in [0.15, 0.2) is 12.3 Å². The number of hydrogen-bond acceptors (Lipinski definition) is 2. The third-order valence-electron chi connectivity index (χ3n) is 0.681. The molecule has 4 heteroatoms. The predicted molar refractivity (Wildman–Crippen MR) is 31.4 cm³/mol. The maximum Gasteiger partial charge on any atom is 0.202 e. The molecule has 0 fully saturated rings. The van der Waals surface area contributed by atoms with Crippen LogP contribution in [0.4, 0.5) is 0 Å². The van der Waals surface area contributed by atoms with Gasteiger partial charge in [-0.2, -0.15) is 0 Å². The number of halogens is 1. The van der Waals surface area contributed by atoms with Crippen molar-refractivity contribution in [1.29, 1.82) is 0 Å². The maximum atomic E-state index is 10.3. The quantitative estimate of drug-likeness (QED) is 0.559. The lowest BCUT2D eigenvalue weighted by Crippen LogP contribution is -1.75. The predicted octanol–water partition coefficient (Wildman–Crippen LogP) is 1.81. The van der Waals surface area contributed by atoms with Gasteiger partial charge in [0.1, 0.15) is 0 Å². The van der Waals surface area contributed by atoms with Crippen molar-refractivity contribution in [3.63, 3.8) is 0 Å². The van der Waals surface area contributed by atoms with E-state index >= 15 is 0 Å². The lowest BCUT2D eigenvalue weighted by atomic mass is 10.5. The Bertz CT molecular complexity index is 151. The Morgan fingerprint density at radius 1 is 1.88 bits per heavy atom. The molecule has 0 bridgehead atoms. The van der Waals surface area contributed by atoms with Crippen molar-refractivity contribution >= 4 is 23.1 Å². The molecule has 0 aromatic carbocycles. The first-order chi connectivity index (χ1) is 3.80. The second-order valence-electron chi connectivity index (χ2n) is 1.23. The van der Waals surface area contributed by atoms with Gasteiger partial charge in [0.2, 0.25) is 5.56 Å². The monoisotopic (exact) mass is 148 g/mol. The Morgan fingerprint density at radius 3 is 2.88 bits per heavy atom. The zero-order valence-electron chi connectivity index (χ0n) is 3.87. The van der Waals surface area contributed by atoms with E-state index in [-0.39, 0.29) is 0 Å². The SMILES string of the molecule is [O]C(Cl)c1ccns1. The van der Waals surface area contributed by atoms with Crippen molar-refractivity contribution in [3.8, 4) is 0 Å². The zero-order chi connectivity index (χ0) is 5.98. The van der Waals surface area contributed by atoms with Gasteiger partial charge in [0, 0.05) is 6.20 Å². The van der Waals surface area contributed by atoms with Crippen LogP contribution in [0, 0.1) is 0 Å². The highest BCUT2D eigenvalue weighted by atomic mass is 35.5. The average Bonchev–Trinajstić information content (AvgIpc) is 2.12. The molecule has 1 aromatic rings. The summed E-state index contributed by atoms with van der Waals surface area (Å²) in [6.45, 7) is 0. The van der Waals surface area contributed by atoms with Crippen LogP contribution in [0.3, 0.4) is 0 Å². The van der Waals surface area contributed by atoms with Gasteiger partial charge in [0.15, 0.2) is 0 Å². The summed E-state index contributed by atoms with van der Waals surface area (Å²) in [5.41, 5.74) is -1.14. The van der Waals surface area contributed by atoms with E-state index in [1.807, 2.05) is 0 Å². The van der Waals surface area contributed by atoms with Crippen molar-refractivity contribution in [2.45, 2.75) is 5.56 Å². The van der Waals surface area contributed by atoms with Crippen LogP contribution >= 0.6 is 23.1 Å². The number of rotatable bonds is 1. The van der Waals surface area contributed by atoms with Gasteiger partial charge in [-0.05, 0) is 17.6 Å². The van der Waals surface area contributed by atoms with E-state index in [4.69, 9.17) is 11.6 Å². The molecule has 1 aromatic heterocycles. The number of aromatic nitrogens is 1. The minimum atomic E-state index is -1.14. The summed E-state index contributed by atoms with van der Waals surface area (Å²) in [5.74, 6) is 0. The first kappa shape index (κ1) is 6.01. The molecule has 1 heterocycles. The van der Waals surface area contributed by atoms with E-state index in [9.17, 15) is 5.11 Å². The molecule has 0 aliphatic carbocycles. The van der Waals surface area contributed by atoms with Gasteiger partial charge in [0.25, 0.3) is 0 Å². The summed E-state index contributed by atoms with van der Waals surface area (Å²) in [7, 11) is 0. The van der Waals surface area contributed by atoms with Gasteiger partial charge in [-0.25, -0.2) is 9.48 Å². The second-order valence-corrected chi connectivity index (χ2v) is 2.49. The molecule has 0 aliphatic rings. The summed E-state index contributed by atoms with van der Waals surface area (Å²) in [5, 5.41) is 10.3. The average molecular weight is 149 g/mol. The number of nitrogens with zero attached hydrogens (tertiary/aromatic N) is 1. The van der Waals surface area contributed by atoms with Crippen LogP contribution in [0.5, 0.6) is 0 Å². The molecule has 0 amide bonds. The van der Waals surface area contributed by atoms with Gasteiger partial charge in [-0.3, -0.25) is 0 Å². The molecule has 0 N–H and O–H groups in total. The van der Waals surface area contributed by atoms with Crippen molar-refractivity contribution < 1.29 is 5.11 Å². The smallest absolute Gasteiger partial charge is 0.202 e. The van der Waals surface area contributed by atoms with Crippen molar-refractivity contribution in [3.05, 3.63) is 17.1 Å². The molecule has 1 unspecified atom stereocenters. The Hall–Kier alpha value is -0.120. The van der Waals surface area contributed by atoms with E-state index in [0.29, 0.717) is 4.88 Å². The van der Waals surface area contributed by atoms with Gasteiger partial charge in [-0.1, -0.05) is 11.6 Å². The molecule has 0 aliphatic heterocycles. The second kappa shape index (κ2) is 2.44. The lowest BCUT2D eigenvalue weighted by Gasteiger charge is -1.87. The first-order valence-electron chi connectivity index (χ1n) is 2.01. The summed E-state index contributed by atoms with van der Waals surface area (Å²) < 4.78 is 3.70. The molecule has 1 radical (unpaired) electrons. The molecule has 0 saturated heterocycles. The highest BCUT2D eigenvalue weighted by molar-refractivity contribution is 7.06.